The van der Waals surface area contributed by atoms with Crippen molar-refractivity contribution in [2.45, 2.75) is 6.10 Å². The molecule has 0 saturated carbocycles. The Morgan fingerprint density at radius 1 is 1.65 bits per heavy atom. The van der Waals surface area contributed by atoms with E-state index in [1.165, 1.54) is 6.07 Å². The van der Waals surface area contributed by atoms with E-state index in [2.05, 4.69) is 21.2 Å². The average Bonchev–Trinajstić information content (AvgIpc) is 2.31. The summed E-state index contributed by atoms with van der Waals surface area (Å²) in [6, 6.07) is 3.06. The van der Waals surface area contributed by atoms with Gasteiger partial charge in [-0.05, 0) is 22.0 Å². The predicted molar refractivity (Wildman–Crippen MR) is 69.0 cm³/mol. The molecule has 1 atom stereocenters. The fourth-order valence-corrected chi connectivity index (χ4v) is 2.16. The SMILES string of the molecule is N#Cc1c(F)c(Cl)cc(Br)c1NCC(O)CCl. The molecule has 2 N–H and O–H groups in total. The Morgan fingerprint density at radius 2 is 2.29 bits per heavy atom. The van der Waals surface area contributed by atoms with Crippen LogP contribution < -0.4 is 5.32 Å². The highest BCUT2D eigenvalue weighted by molar-refractivity contribution is 9.10. The number of nitriles is 1. The van der Waals surface area contributed by atoms with Crippen LogP contribution in [0.15, 0.2) is 10.5 Å². The van der Waals surface area contributed by atoms with E-state index in [0.29, 0.717) is 4.47 Å². The normalized spacial score (nSPS) is 12.0. The molecule has 1 unspecified atom stereocenters. The Morgan fingerprint density at radius 3 is 2.82 bits per heavy atom. The van der Waals surface area contributed by atoms with Crippen LogP contribution in [-0.2, 0) is 0 Å². The zero-order chi connectivity index (χ0) is 13.0. The molecule has 1 aromatic rings. The van der Waals surface area contributed by atoms with Crippen molar-refractivity contribution >= 4 is 44.8 Å². The topological polar surface area (TPSA) is 56.0 Å². The molecule has 0 amide bonds. The van der Waals surface area contributed by atoms with Crippen molar-refractivity contribution in [3.05, 3.63) is 26.9 Å². The van der Waals surface area contributed by atoms with Crippen molar-refractivity contribution < 1.29 is 9.50 Å². The Kier molecular flexibility index (Phi) is 5.47. The number of hydrogen-bond donors (Lipinski definition) is 2. The van der Waals surface area contributed by atoms with Crippen LogP contribution in [0.1, 0.15) is 5.56 Å². The van der Waals surface area contributed by atoms with Gasteiger partial charge in [0, 0.05) is 11.0 Å². The van der Waals surface area contributed by atoms with Gasteiger partial charge >= 0.3 is 0 Å². The third kappa shape index (κ3) is 3.46. The van der Waals surface area contributed by atoms with Crippen LogP contribution >= 0.6 is 39.1 Å². The maximum absolute atomic E-state index is 13.5. The quantitative estimate of drug-likeness (QED) is 0.653. The lowest BCUT2D eigenvalue weighted by Gasteiger charge is -2.14. The maximum atomic E-state index is 13.5. The molecule has 92 valence electrons. The molecule has 0 fully saturated rings. The van der Waals surface area contributed by atoms with E-state index in [4.69, 9.17) is 28.5 Å². The molecule has 0 radical (unpaired) electrons. The van der Waals surface area contributed by atoms with Gasteiger partial charge in [0.1, 0.15) is 11.6 Å². The highest BCUT2D eigenvalue weighted by Crippen LogP contribution is 2.33. The summed E-state index contributed by atoms with van der Waals surface area (Å²) >= 11 is 14.2. The van der Waals surface area contributed by atoms with Crippen LogP contribution in [0.3, 0.4) is 0 Å². The van der Waals surface area contributed by atoms with Crippen molar-refractivity contribution in [2.24, 2.45) is 0 Å². The number of anilines is 1. The Labute approximate surface area is 116 Å². The highest BCUT2D eigenvalue weighted by Gasteiger charge is 2.16. The van der Waals surface area contributed by atoms with Gasteiger partial charge in [0.25, 0.3) is 0 Å². The molecule has 0 aliphatic heterocycles. The van der Waals surface area contributed by atoms with Crippen molar-refractivity contribution in [3.8, 4) is 6.07 Å². The molecule has 0 heterocycles. The number of rotatable bonds is 4. The minimum Gasteiger partial charge on any atom is -0.390 e. The zero-order valence-corrected chi connectivity index (χ0v) is 11.6. The van der Waals surface area contributed by atoms with Crippen LogP contribution in [0, 0.1) is 17.1 Å². The lowest BCUT2D eigenvalue weighted by molar-refractivity contribution is 0.211. The molecule has 17 heavy (non-hydrogen) atoms. The van der Waals surface area contributed by atoms with Gasteiger partial charge in [-0.1, -0.05) is 11.6 Å². The number of benzene rings is 1. The smallest absolute Gasteiger partial charge is 0.161 e. The van der Waals surface area contributed by atoms with E-state index >= 15 is 0 Å². The number of aliphatic hydroxyl groups is 1. The molecule has 1 rings (SSSR count). The maximum Gasteiger partial charge on any atom is 0.161 e. The number of aliphatic hydroxyl groups excluding tert-OH is 1. The van der Waals surface area contributed by atoms with Crippen LogP contribution in [-0.4, -0.2) is 23.6 Å². The summed E-state index contributed by atoms with van der Waals surface area (Å²) in [5.41, 5.74) is 0.0460. The zero-order valence-electron chi connectivity index (χ0n) is 8.48. The van der Waals surface area contributed by atoms with Crippen LogP contribution in [0.4, 0.5) is 10.1 Å². The monoisotopic (exact) mass is 340 g/mol. The molecule has 7 heteroatoms. The van der Waals surface area contributed by atoms with Crippen LogP contribution in [0.25, 0.3) is 0 Å². The molecule has 0 aliphatic rings. The van der Waals surface area contributed by atoms with E-state index in [1.807, 2.05) is 0 Å². The molecule has 0 saturated heterocycles. The fraction of sp³-hybridized carbons (Fsp3) is 0.300. The molecule has 0 aliphatic carbocycles. The lowest BCUT2D eigenvalue weighted by atomic mass is 10.1. The summed E-state index contributed by atoms with van der Waals surface area (Å²) in [5.74, 6) is -0.747. The first-order valence-electron chi connectivity index (χ1n) is 4.56. The summed E-state index contributed by atoms with van der Waals surface area (Å²) in [6.07, 6.45) is -0.783. The van der Waals surface area contributed by atoms with E-state index in [0.717, 1.165) is 0 Å². The highest BCUT2D eigenvalue weighted by atomic mass is 79.9. The van der Waals surface area contributed by atoms with Gasteiger partial charge in [0.05, 0.1) is 22.7 Å². The van der Waals surface area contributed by atoms with Crippen LogP contribution in [0.5, 0.6) is 0 Å². The molecule has 3 nitrogen and oxygen atoms in total. The van der Waals surface area contributed by atoms with E-state index in [1.54, 1.807) is 6.07 Å². The number of hydrogen-bond acceptors (Lipinski definition) is 3. The number of alkyl halides is 1. The van der Waals surface area contributed by atoms with E-state index < -0.39 is 11.9 Å². The number of halogens is 4. The number of nitrogens with zero attached hydrogens (tertiary/aromatic N) is 1. The van der Waals surface area contributed by atoms with Gasteiger partial charge in [-0.15, -0.1) is 11.6 Å². The summed E-state index contributed by atoms with van der Waals surface area (Å²) in [7, 11) is 0. The first-order chi connectivity index (χ1) is 8.01. The molecule has 0 bridgehead atoms. The van der Waals surface area contributed by atoms with Crippen molar-refractivity contribution in [1.82, 2.24) is 0 Å². The minimum atomic E-state index is -0.791. The molecule has 0 spiro atoms. The summed E-state index contributed by atoms with van der Waals surface area (Å²) < 4.78 is 14.0. The second-order valence-corrected chi connectivity index (χ2v) is 4.78. The largest absolute Gasteiger partial charge is 0.390 e. The molecule has 1 aromatic carbocycles. The molecule has 0 aromatic heterocycles. The second kappa shape index (κ2) is 6.41. The Hall–Kier alpha value is -0.540. The Bertz CT molecular complexity index is 465. The Balaban J connectivity index is 3.07. The van der Waals surface area contributed by atoms with Gasteiger partial charge in [-0.2, -0.15) is 5.26 Å². The van der Waals surface area contributed by atoms with Gasteiger partial charge in [0.15, 0.2) is 5.82 Å². The van der Waals surface area contributed by atoms with Crippen molar-refractivity contribution in [1.29, 1.82) is 5.26 Å². The molecular formula is C10H8BrCl2FN2O. The standard InChI is InChI=1S/C10H8BrCl2FN2O/c11-7-1-8(13)9(14)6(3-15)10(7)16-4-5(17)2-12/h1,5,16-17H,2,4H2. The van der Waals surface area contributed by atoms with Gasteiger partial charge in [0.2, 0.25) is 0 Å². The lowest BCUT2D eigenvalue weighted by Crippen LogP contribution is -2.21. The van der Waals surface area contributed by atoms with Crippen molar-refractivity contribution in [2.75, 3.05) is 17.7 Å². The van der Waals surface area contributed by atoms with E-state index in [9.17, 15) is 9.50 Å². The predicted octanol–water partition coefficient (Wildman–Crippen LogP) is 3.12. The first-order valence-corrected chi connectivity index (χ1v) is 6.27. The first kappa shape index (κ1) is 14.5. The van der Waals surface area contributed by atoms with E-state index in [-0.39, 0.29) is 28.7 Å². The summed E-state index contributed by atoms with van der Waals surface area (Å²) in [4.78, 5) is 0. The van der Waals surface area contributed by atoms with Gasteiger partial charge in [-0.3, -0.25) is 0 Å². The van der Waals surface area contributed by atoms with Crippen LogP contribution in [0.2, 0.25) is 5.02 Å². The third-order valence-electron chi connectivity index (χ3n) is 1.98. The van der Waals surface area contributed by atoms with Gasteiger partial charge in [-0.25, -0.2) is 4.39 Å². The average molecular weight is 342 g/mol. The summed E-state index contributed by atoms with van der Waals surface area (Å²) in [5, 5.41) is 20.8. The fourth-order valence-electron chi connectivity index (χ4n) is 1.15. The number of nitrogens with one attached hydrogen (secondary N) is 1. The van der Waals surface area contributed by atoms with Gasteiger partial charge < -0.3 is 10.4 Å². The minimum absolute atomic E-state index is 0.0442. The third-order valence-corrected chi connectivity index (χ3v) is 3.23. The van der Waals surface area contributed by atoms with Crippen molar-refractivity contribution in [3.63, 3.8) is 0 Å². The molecular weight excluding hydrogens is 334 g/mol. The summed E-state index contributed by atoms with van der Waals surface area (Å²) in [6.45, 7) is 0.109. The second-order valence-electron chi connectivity index (χ2n) is 3.21.